The predicted molar refractivity (Wildman–Crippen MR) is 53.0 cm³/mol. The maximum atomic E-state index is 9.30. The average molecular weight is 167 g/mol. The lowest BCUT2D eigenvalue weighted by Crippen LogP contribution is -2.41. The van der Waals surface area contributed by atoms with Gasteiger partial charge in [-0.3, -0.25) is 0 Å². The van der Waals surface area contributed by atoms with E-state index in [1.165, 1.54) is 0 Å². The fourth-order valence-electron chi connectivity index (χ4n) is 1.68. The molecule has 0 unspecified atom stereocenters. The van der Waals surface area contributed by atoms with Gasteiger partial charge in [0.2, 0.25) is 0 Å². The second kappa shape index (κ2) is 4.68. The molecule has 0 radical (unpaired) electrons. The molecule has 1 rings (SSSR count). The van der Waals surface area contributed by atoms with E-state index in [0.29, 0.717) is 0 Å². The zero-order valence-electron chi connectivity index (χ0n) is 8.08. The van der Waals surface area contributed by atoms with Crippen LogP contribution in [0, 0.1) is 0 Å². The van der Waals surface area contributed by atoms with Crippen LogP contribution in [0.1, 0.15) is 26.2 Å². The molecule has 1 aliphatic rings. The molecule has 0 aromatic rings. The highest BCUT2D eigenvalue weighted by molar-refractivity contribution is 6.45. The molecule has 0 amide bonds. The number of nitrogens with zero attached hydrogens (tertiary/aromatic N) is 1. The van der Waals surface area contributed by atoms with Gasteiger partial charge in [-0.05, 0) is 39.2 Å². The third kappa shape index (κ3) is 2.65. The Balaban J connectivity index is 2.34. The van der Waals surface area contributed by atoms with E-state index >= 15 is 0 Å². The Hall–Kier alpha value is -0.275. The second-order valence-electron chi connectivity index (χ2n) is 3.44. The molecule has 1 saturated heterocycles. The van der Waals surface area contributed by atoms with Gasteiger partial charge in [0.05, 0.1) is 0 Å². The Labute approximate surface area is 75.4 Å². The summed E-state index contributed by atoms with van der Waals surface area (Å²) in [6, 6.07) is 0. The van der Waals surface area contributed by atoms with Crippen LogP contribution in [0.4, 0.5) is 0 Å². The molecule has 3 heteroatoms. The highest BCUT2D eigenvalue weighted by atomic mass is 16.2. The molecule has 1 aliphatic heterocycles. The van der Waals surface area contributed by atoms with E-state index in [2.05, 4.69) is 17.8 Å². The lowest BCUT2D eigenvalue weighted by molar-refractivity contribution is 0.345. The van der Waals surface area contributed by atoms with Gasteiger partial charge >= 0.3 is 7.05 Å². The van der Waals surface area contributed by atoms with Crippen molar-refractivity contribution in [2.24, 2.45) is 0 Å². The van der Waals surface area contributed by atoms with Crippen LogP contribution in [0.3, 0.4) is 0 Å². The van der Waals surface area contributed by atoms with Gasteiger partial charge in [0.1, 0.15) is 0 Å². The maximum Gasteiger partial charge on any atom is 0.376 e. The third-order valence-electron chi connectivity index (χ3n) is 2.46. The summed E-state index contributed by atoms with van der Waals surface area (Å²) < 4.78 is 0. The molecule has 0 aliphatic carbocycles. The first kappa shape index (κ1) is 9.81. The minimum absolute atomic E-state index is 0.270. The molecule has 2 nitrogen and oxygen atoms in total. The van der Waals surface area contributed by atoms with E-state index in [1.54, 1.807) is 5.57 Å². The molecular weight excluding hydrogens is 149 g/mol. The Bertz CT molecular complexity index is 158. The van der Waals surface area contributed by atoms with Gasteiger partial charge in [-0.1, -0.05) is 18.6 Å². The molecule has 12 heavy (non-hydrogen) atoms. The largest absolute Gasteiger partial charge is 0.437 e. The van der Waals surface area contributed by atoms with Crippen LogP contribution in [0.5, 0.6) is 0 Å². The van der Waals surface area contributed by atoms with E-state index in [1.807, 2.05) is 6.82 Å². The van der Waals surface area contributed by atoms with Crippen molar-refractivity contribution in [3.63, 3.8) is 0 Å². The lowest BCUT2D eigenvalue weighted by Gasteiger charge is -2.28. The van der Waals surface area contributed by atoms with Gasteiger partial charge in [-0.2, -0.15) is 0 Å². The standard InChI is InChI=1S/C9H18BNO/c1-3-4-9-5-7-11(8-6-9)10(2)12/h4,12H,3,5-8H2,1-2H3. The summed E-state index contributed by atoms with van der Waals surface area (Å²) in [5, 5.41) is 9.30. The van der Waals surface area contributed by atoms with E-state index in [-0.39, 0.29) is 7.05 Å². The SMILES string of the molecule is CCC=C1CCN(B(C)O)CC1. The minimum Gasteiger partial charge on any atom is -0.437 e. The zero-order chi connectivity index (χ0) is 8.97. The summed E-state index contributed by atoms with van der Waals surface area (Å²) in [6.07, 6.45) is 5.74. The van der Waals surface area contributed by atoms with Crippen LogP contribution in [0.15, 0.2) is 11.6 Å². The van der Waals surface area contributed by atoms with Crippen molar-refractivity contribution in [1.82, 2.24) is 4.81 Å². The molecule has 0 saturated carbocycles. The first-order valence-electron chi connectivity index (χ1n) is 4.84. The van der Waals surface area contributed by atoms with Gasteiger partial charge in [0.25, 0.3) is 0 Å². The second-order valence-corrected chi connectivity index (χ2v) is 3.44. The van der Waals surface area contributed by atoms with Gasteiger partial charge < -0.3 is 9.83 Å². The average Bonchev–Trinajstić information content (AvgIpc) is 2.06. The van der Waals surface area contributed by atoms with Crippen LogP contribution in [-0.2, 0) is 0 Å². The maximum absolute atomic E-state index is 9.30. The van der Waals surface area contributed by atoms with Gasteiger partial charge in [0, 0.05) is 0 Å². The van der Waals surface area contributed by atoms with Crippen LogP contribution in [0.2, 0.25) is 6.82 Å². The smallest absolute Gasteiger partial charge is 0.376 e. The molecule has 0 bridgehead atoms. The highest BCUT2D eigenvalue weighted by Crippen LogP contribution is 2.16. The van der Waals surface area contributed by atoms with Crippen LogP contribution < -0.4 is 0 Å². The minimum atomic E-state index is -0.270. The summed E-state index contributed by atoms with van der Waals surface area (Å²) in [5.41, 5.74) is 1.56. The summed E-state index contributed by atoms with van der Waals surface area (Å²) in [7, 11) is -0.270. The Morgan fingerprint density at radius 3 is 2.50 bits per heavy atom. The van der Waals surface area contributed by atoms with Crippen molar-refractivity contribution in [1.29, 1.82) is 0 Å². The third-order valence-corrected chi connectivity index (χ3v) is 2.46. The fourth-order valence-corrected chi connectivity index (χ4v) is 1.68. The summed E-state index contributed by atoms with van der Waals surface area (Å²) in [5.74, 6) is 0. The molecule has 0 aromatic heterocycles. The van der Waals surface area contributed by atoms with Crippen molar-refractivity contribution < 1.29 is 5.02 Å². The molecule has 1 fully saturated rings. The van der Waals surface area contributed by atoms with Gasteiger partial charge in [-0.25, -0.2) is 0 Å². The fraction of sp³-hybridized carbons (Fsp3) is 0.778. The summed E-state index contributed by atoms with van der Waals surface area (Å²) in [6.45, 7) is 6.05. The van der Waals surface area contributed by atoms with Crippen molar-refractivity contribution in [2.75, 3.05) is 13.1 Å². The Kier molecular flexibility index (Phi) is 3.82. The van der Waals surface area contributed by atoms with Crippen LogP contribution in [0.25, 0.3) is 0 Å². The van der Waals surface area contributed by atoms with Crippen molar-refractivity contribution in [2.45, 2.75) is 33.0 Å². The topological polar surface area (TPSA) is 23.5 Å². The van der Waals surface area contributed by atoms with Crippen LogP contribution >= 0.6 is 0 Å². The molecular formula is C9H18BNO. The van der Waals surface area contributed by atoms with E-state index < -0.39 is 0 Å². The van der Waals surface area contributed by atoms with Crippen LogP contribution in [-0.4, -0.2) is 30.0 Å². The first-order chi connectivity index (χ1) is 5.74. The molecule has 0 atom stereocenters. The number of rotatable bonds is 2. The molecule has 0 aromatic carbocycles. The van der Waals surface area contributed by atoms with Crippen molar-refractivity contribution in [3.05, 3.63) is 11.6 Å². The monoisotopic (exact) mass is 167 g/mol. The molecule has 1 N–H and O–H groups in total. The number of hydrogen-bond acceptors (Lipinski definition) is 2. The number of piperidine rings is 1. The van der Waals surface area contributed by atoms with Gasteiger partial charge in [-0.15, -0.1) is 0 Å². The summed E-state index contributed by atoms with van der Waals surface area (Å²) in [4.78, 5) is 2.12. The Morgan fingerprint density at radius 2 is 2.08 bits per heavy atom. The number of allylic oxidation sites excluding steroid dienone is 1. The van der Waals surface area contributed by atoms with E-state index in [0.717, 1.165) is 32.4 Å². The quantitative estimate of drug-likeness (QED) is 0.498. The highest BCUT2D eigenvalue weighted by Gasteiger charge is 2.19. The molecule has 0 spiro atoms. The molecule has 1 heterocycles. The van der Waals surface area contributed by atoms with Crippen molar-refractivity contribution >= 4 is 7.05 Å². The first-order valence-corrected chi connectivity index (χ1v) is 4.84. The van der Waals surface area contributed by atoms with E-state index in [9.17, 15) is 5.02 Å². The normalized spacial score (nSPS) is 19.4. The number of hydrogen-bond donors (Lipinski definition) is 1. The van der Waals surface area contributed by atoms with E-state index in [4.69, 9.17) is 0 Å². The molecule has 68 valence electrons. The lowest BCUT2D eigenvalue weighted by atomic mass is 9.82. The Morgan fingerprint density at radius 1 is 1.50 bits per heavy atom. The zero-order valence-corrected chi connectivity index (χ0v) is 8.08. The predicted octanol–water partition coefficient (Wildman–Crippen LogP) is 1.53. The summed E-state index contributed by atoms with van der Waals surface area (Å²) >= 11 is 0. The van der Waals surface area contributed by atoms with Gasteiger partial charge in [0.15, 0.2) is 0 Å². The van der Waals surface area contributed by atoms with Crippen molar-refractivity contribution in [3.8, 4) is 0 Å².